The number of ether oxygens (including phenoxy) is 1. The van der Waals surface area contributed by atoms with Crippen LogP contribution in [0.2, 0.25) is 0 Å². The molecule has 0 aliphatic carbocycles. The van der Waals surface area contributed by atoms with Gasteiger partial charge in [-0.1, -0.05) is 30.3 Å². The number of halogens is 1. The third kappa shape index (κ3) is 4.71. The van der Waals surface area contributed by atoms with Gasteiger partial charge in [0.15, 0.2) is 0 Å². The van der Waals surface area contributed by atoms with Crippen molar-refractivity contribution >= 4 is 11.8 Å². The summed E-state index contributed by atoms with van der Waals surface area (Å²) >= 11 is 0. The Morgan fingerprint density at radius 3 is 2.61 bits per heavy atom. The number of nitrogens with zero attached hydrogens (tertiary/aromatic N) is 2. The largest absolute Gasteiger partial charge is 0.444 e. The number of likely N-dealkylation sites (tertiary alicyclic amines) is 1. The highest BCUT2D eigenvalue weighted by molar-refractivity contribution is 5.89. The van der Waals surface area contributed by atoms with Crippen LogP contribution in [0.5, 0.6) is 0 Å². The van der Waals surface area contributed by atoms with Crippen LogP contribution in [0.3, 0.4) is 0 Å². The van der Waals surface area contributed by atoms with Crippen LogP contribution in [-0.2, 0) is 11.2 Å². The lowest BCUT2D eigenvalue weighted by molar-refractivity contribution is 0.113. The summed E-state index contributed by atoms with van der Waals surface area (Å²) in [4.78, 5) is 16.3. The molecule has 0 bridgehead atoms. The topological polar surface area (TPSA) is 32.8 Å². The number of carbonyl (C=O) groups is 1. The predicted molar refractivity (Wildman–Crippen MR) is 108 cm³/mol. The van der Waals surface area contributed by atoms with Crippen molar-refractivity contribution in [2.75, 3.05) is 31.1 Å². The van der Waals surface area contributed by atoms with Gasteiger partial charge in [-0.05, 0) is 68.0 Å². The minimum absolute atomic E-state index is 0.105. The molecule has 2 aliphatic rings. The number of carbonyl (C=O) groups excluding carboxylic acids is 1. The van der Waals surface area contributed by atoms with Crippen molar-refractivity contribution in [1.29, 1.82) is 0 Å². The predicted octanol–water partition coefficient (Wildman–Crippen LogP) is 4.50. The first-order chi connectivity index (χ1) is 13.7. The van der Waals surface area contributed by atoms with Gasteiger partial charge in [-0.25, -0.2) is 9.18 Å². The zero-order chi connectivity index (χ0) is 19.3. The Labute approximate surface area is 165 Å². The highest BCUT2D eigenvalue weighted by atomic mass is 19.1. The van der Waals surface area contributed by atoms with E-state index in [4.69, 9.17) is 4.74 Å². The summed E-state index contributed by atoms with van der Waals surface area (Å²) in [6.07, 6.45) is 4.03. The van der Waals surface area contributed by atoms with Crippen LogP contribution in [0.4, 0.5) is 14.9 Å². The molecule has 0 spiro atoms. The average Bonchev–Trinajstić information content (AvgIpc) is 3.09. The van der Waals surface area contributed by atoms with Gasteiger partial charge in [-0.2, -0.15) is 0 Å². The summed E-state index contributed by atoms with van der Waals surface area (Å²) in [5.74, 6) is 0.390. The Balaban J connectivity index is 1.26. The number of hydrogen-bond acceptors (Lipinski definition) is 3. The second-order valence-corrected chi connectivity index (χ2v) is 7.88. The van der Waals surface area contributed by atoms with Gasteiger partial charge in [0.1, 0.15) is 11.9 Å². The van der Waals surface area contributed by atoms with Gasteiger partial charge >= 0.3 is 6.09 Å². The normalized spacial score (nSPS) is 23.0. The smallest absolute Gasteiger partial charge is 0.414 e. The van der Waals surface area contributed by atoms with Gasteiger partial charge in [-0.15, -0.1) is 0 Å². The van der Waals surface area contributed by atoms with Gasteiger partial charge in [0.05, 0.1) is 6.54 Å². The molecule has 4 nitrogen and oxygen atoms in total. The molecule has 5 heteroatoms. The summed E-state index contributed by atoms with van der Waals surface area (Å²) in [6, 6.07) is 16.7. The van der Waals surface area contributed by atoms with Crippen molar-refractivity contribution in [3.05, 3.63) is 66.0 Å². The van der Waals surface area contributed by atoms with Crippen LogP contribution >= 0.6 is 0 Å². The number of piperidine rings is 1. The van der Waals surface area contributed by atoms with Crippen molar-refractivity contribution in [1.82, 2.24) is 4.90 Å². The first-order valence-corrected chi connectivity index (χ1v) is 10.2. The maximum Gasteiger partial charge on any atom is 0.414 e. The number of benzene rings is 2. The summed E-state index contributed by atoms with van der Waals surface area (Å²) in [6.45, 7) is 3.71. The van der Waals surface area contributed by atoms with E-state index in [9.17, 15) is 9.18 Å². The molecule has 4 rings (SSSR count). The quantitative estimate of drug-likeness (QED) is 0.738. The summed E-state index contributed by atoms with van der Waals surface area (Å²) in [5.41, 5.74) is 2.10. The van der Waals surface area contributed by atoms with E-state index in [-0.39, 0.29) is 18.0 Å². The summed E-state index contributed by atoms with van der Waals surface area (Å²) < 4.78 is 18.6. The Bertz CT molecular complexity index is 781. The highest BCUT2D eigenvalue weighted by Crippen LogP contribution is 2.25. The SMILES string of the molecule is O=C1OC(CCN2CCCC(Cc3ccccc3)C2)CN1c1ccc(F)cc1. The van der Waals surface area contributed by atoms with E-state index in [0.717, 1.165) is 32.5 Å². The summed E-state index contributed by atoms with van der Waals surface area (Å²) in [5, 5.41) is 0. The molecule has 2 heterocycles. The maximum atomic E-state index is 13.1. The molecule has 0 radical (unpaired) electrons. The van der Waals surface area contributed by atoms with Gasteiger partial charge in [0.25, 0.3) is 0 Å². The van der Waals surface area contributed by atoms with E-state index >= 15 is 0 Å². The molecule has 1 amide bonds. The molecular formula is C23H27FN2O2. The number of cyclic esters (lactones) is 1. The van der Waals surface area contributed by atoms with E-state index in [1.807, 2.05) is 0 Å². The van der Waals surface area contributed by atoms with E-state index in [1.54, 1.807) is 17.0 Å². The molecule has 2 saturated heterocycles. The number of hydrogen-bond donors (Lipinski definition) is 0. The van der Waals surface area contributed by atoms with Crippen LogP contribution in [0, 0.1) is 11.7 Å². The second-order valence-electron chi connectivity index (χ2n) is 7.88. The number of amides is 1. The monoisotopic (exact) mass is 382 g/mol. The van der Waals surface area contributed by atoms with E-state index in [2.05, 4.69) is 35.2 Å². The fourth-order valence-electron chi connectivity index (χ4n) is 4.30. The molecule has 2 unspecified atom stereocenters. The molecule has 2 aromatic rings. The van der Waals surface area contributed by atoms with Gasteiger partial charge < -0.3 is 9.64 Å². The second kappa shape index (κ2) is 8.74. The number of rotatable bonds is 6. The summed E-state index contributed by atoms with van der Waals surface area (Å²) in [7, 11) is 0. The van der Waals surface area contributed by atoms with Gasteiger partial charge in [0, 0.05) is 18.8 Å². The molecule has 2 fully saturated rings. The third-order valence-corrected chi connectivity index (χ3v) is 5.75. The first kappa shape index (κ1) is 18.9. The van der Waals surface area contributed by atoms with Crippen LogP contribution in [0.25, 0.3) is 0 Å². The third-order valence-electron chi connectivity index (χ3n) is 5.75. The van der Waals surface area contributed by atoms with Crippen LogP contribution < -0.4 is 4.90 Å². The maximum absolute atomic E-state index is 13.1. The molecule has 2 aliphatic heterocycles. The molecule has 148 valence electrons. The van der Waals surface area contributed by atoms with Crippen LogP contribution in [0.15, 0.2) is 54.6 Å². The molecule has 28 heavy (non-hydrogen) atoms. The van der Waals surface area contributed by atoms with Gasteiger partial charge in [0.2, 0.25) is 0 Å². The Morgan fingerprint density at radius 2 is 1.82 bits per heavy atom. The van der Waals surface area contributed by atoms with Gasteiger partial charge in [-0.3, -0.25) is 4.90 Å². The lowest BCUT2D eigenvalue weighted by atomic mass is 9.91. The van der Waals surface area contributed by atoms with E-state index in [1.165, 1.54) is 30.5 Å². The molecule has 2 atom stereocenters. The number of anilines is 1. The minimum atomic E-state index is -0.336. The fraction of sp³-hybridized carbons (Fsp3) is 0.435. The Kier molecular flexibility index (Phi) is 5.91. The molecule has 2 aromatic carbocycles. The zero-order valence-electron chi connectivity index (χ0n) is 16.1. The van der Waals surface area contributed by atoms with Crippen LogP contribution in [0.1, 0.15) is 24.8 Å². The highest BCUT2D eigenvalue weighted by Gasteiger charge is 2.32. The van der Waals surface area contributed by atoms with Crippen molar-refractivity contribution < 1.29 is 13.9 Å². The van der Waals surface area contributed by atoms with Crippen molar-refractivity contribution in [2.24, 2.45) is 5.92 Å². The Morgan fingerprint density at radius 1 is 1.04 bits per heavy atom. The average molecular weight is 382 g/mol. The van der Waals surface area contributed by atoms with Crippen LogP contribution in [-0.4, -0.2) is 43.3 Å². The molecule has 0 aromatic heterocycles. The molecular weight excluding hydrogens is 355 g/mol. The van der Waals surface area contributed by atoms with Crippen molar-refractivity contribution in [3.8, 4) is 0 Å². The minimum Gasteiger partial charge on any atom is -0.444 e. The lowest BCUT2D eigenvalue weighted by Crippen LogP contribution is -2.38. The lowest BCUT2D eigenvalue weighted by Gasteiger charge is -2.33. The van der Waals surface area contributed by atoms with Crippen molar-refractivity contribution in [2.45, 2.75) is 31.8 Å². The van der Waals surface area contributed by atoms with E-state index in [0.29, 0.717) is 18.2 Å². The standard InChI is InChI=1S/C23H27FN2O2/c24-20-8-10-21(11-9-20)26-17-22(28-23(26)27)12-14-25-13-4-7-19(16-25)15-18-5-2-1-3-6-18/h1-3,5-6,8-11,19,22H,4,7,12-17H2. The molecule has 0 N–H and O–H groups in total. The van der Waals surface area contributed by atoms with E-state index < -0.39 is 0 Å². The first-order valence-electron chi connectivity index (χ1n) is 10.2. The fourth-order valence-corrected chi connectivity index (χ4v) is 4.30. The Hall–Kier alpha value is -2.40. The van der Waals surface area contributed by atoms with Crippen molar-refractivity contribution in [3.63, 3.8) is 0 Å². The molecule has 0 saturated carbocycles. The zero-order valence-corrected chi connectivity index (χ0v) is 16.1.